The number of benzene rings is 2. The van der Waals surface area contributed by atoms with Crippen LogP contribution < -0.4 is 28.4 Å². The Morgan fingerprint density at radius 1 is 0.771 bits per heavy atom. The Morgan fingerprint density at radius 3 is 1.80 bits per heavy atom. The van der Waals surface area contributed by atoms with E-state index in [1.54, 1.807) is 0 Å². The van der Waals surface area contributed by atoms with Crippen molar-refractivity contribution < 1.29 is 58.4 Å². The van der Waals surface area contributed by atoms with Gasteiger partial charge in [-0.1, -0.05) is 0 Å². The van der Waals surface area contributed by atoms with E-state index in [1.807, 2.05) is 0 Å². The largest absolute Gasteiger partial charge is 0.493 e. The van der Waals surface area contributed by atoms with Gasteiger partial charge in [0, 0.05) is 12.6 Å². The summed E-state index contributed by atoms with van der Waals surface area (Å²) in [6, 6.07) is 5.11. The van der Waals surface area contributed by atoms with Gasteiger partial charge in [-0.2, -0.15) is 26.3 Å². The molecule has 0 fully saturated rings. The summed E-state index contributed by atoms with van der Waals surface area (Å²) >= 11 is 0. The average Bonchev–Trinajstić information content (AvgIpc) is 2.78. The first-order chi connectivity index (χ1) is 16.2. The van der Waals surface area contributed by atoms with Gasteiger partial charge in [0.05, 0.1) is 21.3 Å². The molecule has 0 aromatic heterocycles. The Morgan fingerprint density at radius 2 is 1.31 bits per heavy atom. The number of hydrogen-bond donors (Lipinski definition) is 1. The van der Waals surface area contributed by atoms with E-state index in [9.17, 15) is 34.8 Å². The third-order valence-corrected chi connectivity index (χ3v) is 5.61. The molecule has 0 bridgehead atoms. The zero-order valence-electron chi connectivity index (χ0n) is 18.5. The lowest BCUT2D eigenvalue weighted by molar-refractivity contribution is -0.154. The van der Waals surface area contributed by atoms with Gasteiger partial charge in [-0.25, -0.2) is 13.1 Å². The molecule has 196 valence electrons. The number of methoxy groups -OCH3 is 3. The van der Waals surface area contributed by atoms with E-state index in [0.29, 0.717) is 11.6 Å². The number of halogens is 6. The summed E-state index contributed by atoms with van der Waals surface area (Å²) in [5.74, 6) is -0.636. The minimum absolute atomic E-state index is 0.206. The molecule has 0 amide bonds. The van der Waals surface area contributed by atoms with E-state index in [2.05, 4.69) is 14.2 Å². The second-order valence-corrected chi connectivity index (χ2v) is 8.51. The van der Waals surface area contributed by atoms with Crippen LogP contribution in [0.4, 0.5) is 26.3 Å². The van der Waals surface area contributed by atoms with Crippen LogP contribution in [0.3, 0.4) is 0 Å². The molecular formula is C20H21F6NO7S. The second-order valence-electron chi connectivity index (χ2n) is 6.77. The summed E-state index contributed by atoms with van der Waals surface area (Å²) in [6.45, 7) is -3.97. The highest BCUT2D eigenvalue weighted by molar-refractivity contribution is 7.89. The van der Waals surface area contributed by atoms with E-state index in [-0.39, 0.29) is 17.2 Å². The summed E-state index contributed by atoms with van der Waals surface area (Å²) in [5, 5.41) is 0. The molecule has 0 aliphatic carbocycles. The highest BCUT2D eigenvalue weighted by atomic mass is 32.2. The van der Waals surface area contributed by atoms with Gasteiger partial charge in [0.2, 0.25) is 15.8 Å². The number of alkyl halides is 6. The maximum atomic E-state index is 12.9. The molecule has 0 aliphatic rings. The Balaban J connectivity index is 2.37. The zero-order chi connectivity index (χ0) is 26.4. The van der Waals surface area contributed by atoms with Crippen molar-refractivity contribution in [1.82, 2.24) is 4.72 Å². The molecule has 0 unspecified atom stereocenters. The van der Waals surface area contributed by atoms with Crippen LogP contribution in [-0.2, 0) is 16.6 Å². The van der Waals surface area contributed by atoms with Crippen LogP contribution in [0.5, 0.6) is 28.7 Å². The molecule has 0 heterocycles. The van der Waals surface area contributed by atoms with E-state index in [4.69, 9.17) is 14.2 Å². The fraction of sp³-hybridized carbons (Fsp3) is 0.400. The number of sulfonamides is 1. The first-order valence-electron chi connectivity index (χ1n) is 9.51. The third-order valence-electron chi connectivity index (χ3n) is 4.19. The predicted molar refractivity (Wildman–Crippen MR) is 110 cm³/mol. The second kappa shape index (κ2) is 11.1. The molecule has 2 aromatic rings. The first-order valence-corrected chi connectivity index (χ1v) is 11.0. The third kappa shape index (κ3) is 8.28. The number of hydrogen-bond acceptors (Lipinski definition) is 7. The van der Waals surface area contributed by atoms with Gasteiger partial charge in [0.1, 0.15) is 16.4 Å². The van der Waals surface area contributed by atoms with Crippen LogP contribution in [0.1, 0.15) is 5.56 Å². The Hall–Kier alpha value is -3.07. The molecule has 0 radical (unpaired) electrons. The lowest BCUT2D eigenvalue weighted by Gasteiger charge is -2.17. The quantitative estimate of drug-likeness (QED) is 0.436. The van der Waals surface area contributed by atoms with Crippen LogP contribution in [-0.4, -0.2) is 55.3 Å². The van der Waals surface area contributed by atoms with E-state index < -0.39 is 58.5 Å². The summed E-state index contributed by atoms with van der Waals surface area (Å²) < 4.78 is 128. The lowest BCUT2D eigenvalue weighted by Crippen LogP contribution is -2.26. The SMILES string of the molecule is COc1cc(CNS(=O)(=O)c2cc(OCC(F)(F)F)ccc2OCC(F)(F)F)cc(OC)c1OC. The van der Waals surface area contributed by atoms with Gasteiger partial charge in [0.25, 0.3) is 0 Å². The number of nitrogens with one attached hydrogen (secondary N) is 1. The van der Waals surface area contributed by atoms with Gasteiger partial charge in [-0.3, -0.25) is 0 Å². The smallest absolute Gasteiger partial charge is 0.422 e. The highest BCUT2D eigenvalue weighted by Crippen LogP contribution is 2.38. The number of ether oxygens (including phenoxy) is 5. The average molecular weight is 533 g/mol. The van der Waals surface area contributed by atoms with E-state index >= 15 is 0 Å². The summed E-state index contributed by atoms with van der Waals surface area (Å²) in [7, 11) is -0.574. The molecule has 0 aliphatic heterocycles. The predicted octanol–water partition coefficient (Wildman–Crippen LogP) is 4.07. The molecular weight excluding hydrogens is 512 g/mol. The monoisotopic (exact) mass is 533 g/mol. The maximum Gasteiger partial charge on any atom is 0.422 e. The van der Waals surface area contributed by atoms with Crippen molar-refractivity contribution in [1.29, 1.82) is 0 Å². The van der Waals surface area contributed by atoms with E-state index in [1.165, 1.54) is 33.5 Å². The van der Waals surface area contributed by atoms with Crippen LogP contribution in [0, 0.1) is 0 Å². The van der Waals surface area contributed by atoms with Crippen LogP contribution in [0.15, 0.2) is 35.2 Å². The fourth-order valence-corrected chi connectivity index (χ4v) is 3.90. The van der Waals surface area contributed by atoms with Crippen LogP contribution >= 0.6 is 0 Å². The summed E-state index contributed by atoms with van der Waals surface area (Å²) in [6.07, 6.45) is -9.52. The molecule has 8 nitrogen and oxygen atoms in total. The zero-order valence-corrected chi connectivity index (χ0v) is 19.4. The van der Waals surface area contributed by atoms with Crippen LogP contribution in [0.2, 0.25) is 0 Å². The minimum atomic E-state index is -4.80. The Bertz CT molecular complexity index is 1090. The molecule has 2 rings (SSSR count). The molecule has 2 aromatic carbocycles. The Labute approximate surface area is 196 Å². The number of rotatable bonds is 11. The Kier molecular flexibility index (Phi) is 8.94. The van der Waals surface area contributed by atoms with Crippen molar-refractivity contribution in [2.75, 3.05) is 34.5 Å². The van der Waals surface area contributed by atoms with Gasteiger partial charge >= 0.3 is 12.4 Å². The summed E-state index contributed by atoms with van der Waals surface area (Å²) in [4.78, 5) is -0.853. The minimum Gasteiger partial charge on any atom is -0.493 e. The topological polar surface area (TPSA) is 92.3 Å². The first kappa shape index (κ1) is 28.2. The van der Waals surface area contributed by atoms with Crippen molar-refractivity contribution >= 4 is 10.0 Å². The normalized spacial score (nSPS) is 12.3. The van der Waals surface area contributed by atoms with Crippen molar-refractivity contribution in [3.63, 3.8) is 0 Å². The van der Waals surface area contributed by atoms with Gasteiger partial charge < -0.3 is 23.7 Å². The molecule has 35 heavy (non-hydrogen) atoms. The maximum absolute atomic E-state index is 12.9. The molecule has 0 saturated heterocycles. The van der Waals surface area contributed by atoms with Crippen molar-refractivity contribution in [2.24, 2.45) is 0 Å². The lowest BCUT2D eigenvalue weighted by atomic mass is 10.2. The molecule has 1 N–H and O–H groups in total. The van der Waals surface area contributed by atoms with Crippen molar-refractivity contribution in [3.05, 3.63) is 35.9 Å². The van der Waals surface area contributed by atoms with Crippen molar-refractivity contribution in [2.45, 2.75) is 23.8 Å². The molecule has 0 spiro atoms. The molecule has 0 saturated carbocycles. The van der Waals surface area contributed by atoms with Gasteiger partial charge in [-0.05, 0) is 29.8 Å². The van der Waals surface area contributed by atoms with Crippen molar-refractivity contribution in [3.8, 4) is 28.7 Å². The fourth-order valence-electron chi connectivity index (χ4n) is 2.73. The molecule has 0 atom stereocenters. The van der Waals surface area contributed by atoms with Gasteiger partial charge in [-0.15, -0.1) is 0 Å². The standard InChI is InChI=1S/C20H21F6NO7S/c1-30-15-6-12(7-16(31-2)18(15)32-3)9-27-35(28,29)17-8-13(33-10-19(21,22)23)4-5-14(17)34-11-20(24,25)26/h4-8,27H,9-11H2,1-3H3. The molecule has 15 heteroatoms. The highest BCUT2D eigenvalue weighted by Gasteiger charge is 2.31. The van der Waals surface area contributed by atoms with Gasteiger partial charge in [0.15, 0.2) is 24.7 Å². The van der Waals surface area contributed by atoms with Crippen LogP contribution in [0.25, 0.3) is 0 Å². The van der Waals surface area contributed by atoms with E-state index in [0.717, 1.165) is 12.1 Å². The summed E-state index contributed by atoms with van der Waals surface area (Å²) in [5.41, 5.74) is 0.310.